The zero-order valence-electron chi connectivity index (χ0n) is 4.76. The Bertz CT molecular complexity index is 138. The molecule has 0 fully saturated rings. The van der Waals surface area contributed by atoms with Crippen LogP contribution >= 0.6 is 22.6 Å². The Morgan fingerprint density at radius 1 is 1.00 bits per heavy atom. The fraction of sp³-hybridized carbons (Fsp3) is 0. The standard InChI is InChI=1S/C6H5I.K/c7-6-4-2-1-3-5-6;/h1-5H;. The molecule has 0 bridgehead atoms. The summed E-state index contributed by atoms with van der Waals surface area (Å²) in [5, 5.41) is 0. The summed E-state index contributed by atoms with van der Waals surface area (Å²) >= 11 is 2.28. The summed E-state index contributed by atoms with van der Waals surface area (Å²) in [5.41, 5.74) is 0. The van der Waals surface area contributed by atoms with Crippen LogP contribution in [0.2, 0.25) is 0 Å². The molecule has 0 nitrogen and oxygen atoms in total. The number of hydrogen-bond acceptors (Lipinski definition) is 0. The normalized spacial score (nSPS) is 7.62. The quantitative estimate of drug-likeness (QED) is 0.482. The first-order chi connectivity index (χ1) is 3.39. The van der Waals surface area contributed by atoms with Crippen molar-refractivity contribution in [2.45, 2.75) is 0 Å². The van der Waals surface area contributed by atoms with Crippen molar-refractivity contribution in [2.24, 2.45) is 0 Å². The fourth-order valence-corrected chi connectivity index (χ4v) is 0.830. The second-order valence-electron chi connectivity index (χ2n) is 1.30. The van der Waals surface area contributed by atoms with E-state index < -0.39 is 0 Å². The van der Waals surface area contributed by atoms with Crippen LogP contribution in [0.3, 0.4) is 0 Å². The smallest absolute Gasteiger partial charge is 0.0130 e. The Morgan fingerprint density at radius 2 is 1.50 bits per heavy atom. The van der Waals surface area contributed by atoms with Crippen LogP contribution in [-0.4, -0.2) is 51.4 Å². The topological polar surface area (TPSA) is 0 Å². The van der Waals surface area contributed by atoms with E-state index in [0.29, 0.717) is 0 Å². The number of halogens is 1. The van der Waals surface area contributed by atoms with Crippen LogP contribution in [0.5, 0.6) is 0 Å². The van der Waals surface area contributed by atoms with Crippen molar-refractivity contribution in [1.29, 1.82) is 0 Å². The van der Waals surface area contributed by atoms with E-state index in [9.17, 15) is 0 Å². The van der Waals surface area contributed by atoms with Crippen LogP contribution in [0.15, 0.2) is 30.3 Å². The Balaban J connectivity index is 0.000000490. The molecule has 1 aromatic carbocycles. The van der Waals surface area contributed by atoms with E-state index in [1.165, 1.54) is 3.57 Å². The van der Waals surface area contributed by atoms with Gasteiger partial charge in [0.05, 0.1) is 0 Å². The summed E-state index contributed by atoms with van der Waals surface area (Å²) < 4.78 is 1.29. The molecule has 0 unspecified atom stereocenters. The summed E-state index contributed by atoms with van der Waals surface area (Å²) in [5.74, 6) is 0. The Kier molecular flexibility index (Phi) is 6.44. The van der Waals surface area contributed by atoms with Gasteiger partial charge < -0.3 is 0 Å². The van der Waals surface area contributed by atoms with E-state index in [1.54, 1.807) is 0 Å². The van der Waals surface area contributed by atoms with E-state index in [-0.39, 0.29) is 51.4 Å². The molecule has 37 valence electrons. The maximum atomic E-state index is 2.28. The maximum Gasteiger partial charge on any atom is 0.0130 e. The third-order valence-electron chi connectivity index (χ3n) is 0.733. The van der Waals surface area contributed by atoms with E-state index in [1.807, 2.05) is 18.2 Å². The van der Waals surface area contributed by atoms with Gasteiger partial charge in [0.1, 0.15) is 0 Å². The largest absolute Gasteiger partial charge is 0.0622 e. The summed E-state index contributed by atoms with van der Waals surface area (Å²) in [7, 11) is 0. The van der Waals surface area contributed by atoms with Crippen molar-refractivity contribution in [2.75, 3.05) is 0 Å². The van der Waals surface area contributed by atoms with Gasteiger partial charge in [-0.3, -0.25) is 0 Å². The molecule has 1 radical (unpaired) electrons. The molecule has 0 saturated heterocycles. The SMILES string of the molecule is Ic1ccccc1.[K]. The first kappa shape index (κ1) is 9.59. The Labute approximate surface area is 106 Å². The first-order valence-electron chi connectivity index (χ1n) is 2.10. The molecule has 2 heteroatoms. The molecular weight excluding hydrogens is 238 g/mol. The van der Waals surface area contributed by atoms with Crippen molar-refractivity contribution in [3.8, 4) is 0 Å². The minimum Gasteiger partial charge on any atom is -0.0622 e. The molecule has 0 atom stereocenters. The van der Waals surface area contributed by atoms with Crippen LogP contribution in [0.25, 0.3) is 0 Å². The van der Waals surface area contributed by atoms with Gasteiger partial charge in [0.25, 0.3) is 0 Å². The van der Waals surface area contributed by atoms with Crippen LogP contribution in [-0.2, 0) is 0 Å². The van der Waals surface area contributed by atoms with E-state index >= 15 is 0 Å². The van der Waals surface area contributed by atoms with E-state index in [2.05, 4.69) is 34.7 Å². The molecule has 8 heavy (non-hydrogen) atoms. The van der Waals surface area contributed by atoms with E-state index in [0.717, 1.165) is 0 Å². The number of hydrogen-bond donors (Lipinski definition) is 0. The van der Waals surface area contributed by atoms with Gasteiger partial charge in [-0.05, 0) is 34.7 Å². The minimum atomic E-state index is 0. The van der Waals surface area contributed by atoms with Crippen molar-refractivity contribution in [3.05, 3.63) is 33.9 Å². The van der Waals surface area contributed by atoms with Gasteiger partial charge in [0.15, 0.2) is 0 Å². The van der Waals surface area contributed by atoms with Crippen LogP contribution in [0.4, 0.5) is 0 Å². The summed E-state index contributed by atoms with van der Waals surface area (Å²) in [6, 6.07) is 10.2. The van der Waals surface area contributed by atoms with Crippen molar-refractivity contribution in [1.82, 2.24) is 0 Å². The third-order valence-corrected chi connectivity index (χ3v) is 1.45. The first-order valence-corrected chi connectivity index (χ1v) is 3.18. The van der Waals surface area contributed by atoms with Gasteiger partial charge >= 0.3 is 0 Å². The van der Waals surface area contributed by atoms with Gasteiger partial charge in [-0.15, -0.1) is 0 Å². The molecule has 0 aliphatic rings. The molecule has 0 saturated carbocycles. The summed E-state index contributed by atoms with van der Waals surface area (Å²) in [6.07, 6.45) is 0. The van der Waals surface area contributed by atoms with Crippen molar-refractivity contribution < 1.29 is 0 Å². The Morgan fingerprint density at radius 3 is 1.75 bits per heavy atom. The molecule has 0 heterocycles. The molecule has 0 aromatic heterocycles. The average molecular weight is 243 g/mol. The average Bonchev–Trinajstić information content (AvgIpc) is 1.69. The predicted octanol–water partition coefficient (Wildman–Crippen LogP) is 1.91. The van der Waals surface area contributed by atoms with Gasteiger partial charge in [0.2, 0.25) is 0 Å². The monoisotopic (exact) mass is 243 g/mol. The molecule has 0 spiro atoms. The minimum absolute atomic E-state index is 0. The molecule has 0 amide bonds. The zero-order valence-corrected chi connectivity index (χ0v) is 10.0. The maximum absolute atomic E-state index is 2.28. The number of benzene rings is 1. The van der Waals surface area contributed by atoms with E-state index in [4.69, 9.17) is 0 Å². The van der Waals surface area contributed by atoms with Gasteiger partial charge in [-0.2, -0.15) is 0 Å². The van der Waals surface area contributed by atoms with Gasteiger partial charge in [0, 0.05) is 55.0 Å². The molecule has 0 aliphatic carbocycles. The van der Waals surface area contributed by atoms with Crippen LogP contribution in [0.1, 0.15) is 0 Å². The van der Waals surface area contributed by atoms with Gasteiger partial charge in [-0.25, -0.2) is 0 Å². The molecule has 0 aliphatic heterocycles. The second kappa shape index (κ2) is 5.38. The zero-order chi connectivity index (χ0) is 5.11. The van der Waals surface area contributed by atoms with Crippen LogP contribution in [0, 0.1) is 3.57 Å². The molecule has 1 rings (SSSR count). The molecule has 1 aromatic rings. The molecular formula is C6H5IK. The third kappa shape index (κ3) is 3.58. The van der Waals surface area contributed by atoms with Crippen LogP contribution < -0.4 is 0 Å². The van der Waals surface area contributed by atoms with Crippen molar-refractivity contribution in [3.63, 3.8) is 0 Å². The predicted molar refractivity (Wildman–Crippen MR) is 44.9 cm³/mol. The molecule has 0 N–H and O–H groups in total. The summed E-state index contributed by atoms with van der Waals surface area (Å²) in [6.45, 7) is 0. The summed E-state index contributed by atoms with van der Waals surface area (Å²) in [4.78, 5) is 0. The van der Waals surface area contributed by atoms with Crippen molar-refractivity contribution >= 4 is 74.0 Å². The van der Waals surface area contributed by atoms with Gasteiger partial charge in [-0.1, -0.05) is 18.2 Å². The Hall–Kier alpha value is 1.59. The fourth-order valence-electron chi connectivity index (χ4n) is 0.415. The second-order valence-corrected chi connectivity index (χ2v) is 2.54. The number of rotatable bonds is 0.